The summed E-state index contributed by atoms with van der Waals surface area (Å²) in [5.74, 6) is 0.847. The van der Waals surface area contributed by atoms with Crippen molar-refractivity contribution < 1.29 is 4.42 Å². The molecule has 0 bridgehead atoms. The fourth-order valence-corrected chi connectivity index (χ4v) is 1.43. The quantitative estimate of drug-likeness (QED) is 0.796. The highest BCUT2D eigenvalue weighted by atomic mass is 35.5. The van der Waals surface area contributed by atoms with Crippen molar-refractivity contribution in [1.82, 2.24) is 10.3 Å². The third kappa shape index (κ3) is 2.86. The van der Waals surface area contributed by atoms with Crippen molar-refractivity contribution >= 4 is 24.8 Å². The Morgan fingerprint density at radius 3 is 2.77 bits per heavy atom. The smallest absolute Gasteiger partial charge is 0.211 e. The van der Waals surface area contributed by atoms with Gasteiger partial charge < -0.3 is 9.73 Å². The van der Waals surface area contributed by atoms with Gasteiger partial charge in [0.15, 0.2) is 0 Å². The molecule has 1 N–H and O–H groups in total. The molecule has 1 aromatic rings. The van der Waals surface area contributed by atoms with E-state index in [9.17, 15) is 0 Å². The lowest BCUT2D eigenvalue weighted by Crippen LogP contribution is -2.12. The van der Waals surface area contributed by atoms with Gasteiger partial charge in [0.1, 0.15) is 6.26 Å². The average Bonchev–Trinajstić information content (AvgIpc) is 2.55. The van der Waals surface area contributed by atoms with E-state index in [4.69, 9.17) is 4.42 Å². The molecule has 1 aromatic heterocycles. The lowest BCUT2D eigenvalue weighted by molar-refractivity contribution is 0.429. The molecule has 1 aliphatic rings. The topological polar surface area (TPSA) is 38.1 Å². The monoisotopic (exact) mass is 224 g/mol. The Morgan fingerprint density at radius 2 is 2.31 bits per heavy atom. The number of hydrogen-bond donors (Lipinski definition) is 1. The number of aromatic nitrogens is 1. The molecule has 0 saturated carbocycles. The zero-order valence-electron chi connectivity index (χ0n) is 7.45. The van der Waals surface area contributed by atoms with Crippen LogP contribution in [0.25, 0.3) is 0 Å². The average molecular weight is 225 g/mol. The fraction of sp³-hybridized carbons (Fsp3) is 0.625. The summed E-state index contributed by atoms with van der Waals surface area (Å²) < 4.78 is 5.27. The normalized spacial score (nSPS) is 20.5. The fourth-order valence-electron chi connectivity index (χ4n) is 1.43. The molecule has 0 spiro atoms. The van der Waals surface area contributed by atoms with Gasteiger partial charge in [0.25, 0.3) is 0 Å². The summed E-state index contributed by atoms with van der Waals surface area (Å²) in [5.41, 5.74) is 0.966. The van der Waals surface area contributed by atoms with Crippen LogP contribution in [0.5, 0.6) is 0 Å². The molecule has 3 nitrogen and oxygen atoms in total. The second-order valence-corrected chi connectivity index (χ2v) is 2.98. The van der Waals surface area contributed by atoms with Gasteiger partial charge in [-0.1, -0.05) is 0 Å². The van der Waals surface area contributed by atoms with E-state index < -0.39 is 0 Å². The maximum Gasteiger partial charge on any atom is 0.211 e. The van der Waals surface area contributed by atoms with Crippen LogP contribution in [0, 0.1) is 6.92 Å². The van der Waals surface area contributed by atoms with Crippen LogP contribution in [0.4, 0.5) is 0 Å². The predicted octanol–water partition coefficient (Wildman–Crippen LogP) is 2.25. The lowest BCUT2D eigenvalue weighted by atomic mass is 10.2. The van der Waals surface area contributed by atoms with E-state index in [0.717, 1.165) is 24.6 Å². The number of halogens is 2. The molecule has 5 heteroatoms. The van der Waals surface area contributed by atoms with Gasteiger partial charge >= 0.3 is 0 Å². The first kappa shape index (κ1) is 12.8. The van der Waals surface area contributed by atoms with Gasteiger partial charge in [0.2, 0.25) is 5.89 Å². The molecule has 2 rings (SSSR count). The van der Waals surface area contributed by atoms with E-state index in [1.54, 1.807) is 6.26 Å². The largest absolute Gasteiger partial charge is 0.447 e. The van der Waals surface area contributed by atoms with E-state index in [1.165, 1.54) is 6.42 Å². The standard InChI is InChI=1S/C8H12N2O.2ClH/c1-6-5-11-8(10-6)7-3-2-4-9-7;;/h5,7,9H,2-4H2,1H3;2*1H. The molecule has 13 heavy (non-hydrogen) atoms. The maximum absolute atomic E-state index is 5.27. The van der Waals surface area contributed by atoms with Crippen molar-refractivity contribution in [3.63, 3.8) is 0 Å². The van der Waals surface area contributed by atoms with E-state index >= 15 is 0 Å². The van der Waals surface area contributed by atoms with Crippen molar-refractivity contribution in [2.24, 2.45) is 0 Å². The van der Waals surface area contributed by atoms with Gasteiger partial charge in [-0.3, -0.25) is 0 Å². The Morgan fingerprint density at radius 1 is 1.54 bits per heavy atom. The van der Waals surface area contributed by atoms with Crippen molar-refractivity contribution in [1.29, 1.82) is 0 Å². The molecule has 76 valence electrons. The number of hydrogen-bond acceptors (Lipinski definition) is 3. The maximum atomic E-state index is 5.27. The van der Waals surface area contributed by atoms with Gasteiger partial charge in [-0.15, -0.1) is 24.8 Å². The molecular weight excluding hydrogens is 211 g/mol. The van der Waals surface area contributed by atoms with Crippen LogP contribution in [0.2, 0.25) is 0 Å². The SMILES string of the molecule is Cc1coc(C2CCCN2)n1.Cl.Cl. The number of oxazole rings is 1. The van der Waals surface area contributed by atoms with Gasteiger partial charge in [-0.05, 0) is 26.3 Å². The molecule has 2 heterocycles. The van der Waals surface area contributed by atoms with Crippen molar-refractivity contribution in [2.75, 3.05) is 6.54 Å². The van der Waals surface area contributed by atoms with Gasteiger partial charge in [0, 0.05) is 0 Å². The highest BCUT2D eigenvalue weighted by molar-refractivity contribution is 5.85. The molecular formula is C8H14Cl2N2O. The molecule has 1 fully saturated rings. The summed E-state index contributed by atoms with van der Waals surface area (Å²) >= 11 is 0. The van der Waals surface area contributed by atoms with Crippen LogP contribution in [0.15, 0.2) is 10.7 Å². The summed E-state index contributed by atoms with van der Waals surface area (Å²) in [7, 11) is 0. The highest BCUT2D eigenvalue weighted by Crippen LogP contribution is 2.21. The van der Waals surface area contributed by atoms with Crippen molar-refractivity contribution in [2.45, 2.75) is 25.8 Å². The Kier molecular flexibility index (Phi) is 5.37. The molecule has 1 atom stereocenters. The van der Waals surface area contributed by atoms with Crippen molar-refractivity contribution in [3.05, 3.63) is 17.8 Å². The van der Waals surface area contributed by atoms with Crippen molar-refractivity contribution in [3.8, 4) is 0 Å². The van der Waals surface area contributed by atoms with Gasteiger partial charge in [0.05, 0.1) is 11.7 Å². The van der Waals surface area contributed by atoms with Crippen LogP contribution in [0.1, 0.15) is 30.5 Å². The second kappa shape index (κ2) is 5.47. The summed E-state index contributed by atoms with van der Waals surface area (Å²) in [6.45, 7) is 3.04. The minimum absolute atomic E-state index is 0. The molecule has 1 aliphatic heterocycles. The summed E-state index contributed by atoms with van der Waals surface area (Å²) in [6, 6.07) is 0.365. The van der Waals surface area contributed by atoms with Crippen LogP contribution in [0.3, 0.4) is 0 Å². The second-order valence-electron chi connectivity index (χ2n) is 2.98. The minimum atomic E-state index is 0. The number of nitrogens with one attached hydrogen (secondary N) is 1. The molecule has 0 aromatic carbocycles. The number of nitrogens with zero attached hydrogens (tertiary/aromatic N) is 1. The lowest BCUT2D eigenvalue weighted by Gasteiger charge is -2.02. The number of rotatable bonds is 1. The Balaban J connectivity index is 0.000000720. The third-order valence-electron chi connectivity index (χ3n) is 2.00. The molecule has 1 unspecified atom stereocenters. The number of aryl methyl sites for hydroxylation is 1. The highest BCUT2D eigenvalue weighted by Gasteiger charge is 2.20. The Hall–Kier alpha value is -0.250. The summed E-state index contributed by atoms with van der Waals surface area (Å²) in [6.07, 6.45) is 4.08. The molecule has 0 amide bonds. The van der Waals surface area contributed by atoms with Gasteiger partial charge in [-0.25, -0.2) is 4.98 Å². The zero-order valence-corrected chi connectivity index (χ0v) is 9.08. The Bertz CT molecular complexity index is 246. The molecule has 1 saturated heterocycles. The van der Waals surface area contributed by atoms with Gasteiger partial charge in [-0.2, -0.15) is 0 Å². The first-order valence-corrected chi connectivity index (χ1v) is 4.01. The van der Waals surface area contributed by atoms with E-state index in [1.807, 2.05) is 6.92 Å². The molecule has 0 aliphatic carbocycles. The first-order valence-electron chi connectivity index (χ1n) is 4.01. The van der Waals surface area contributed by atoms with Crippen LogP contribution in [-0.2, 0) is 0 Å². The van der Waals surface area contributed by atoms with Crippen LogP contribution in [-0.4, -0.2) is 11.5 Å². The van der Waals surface area contributed by atoms with Crippen LogP contribution < -0.4 is 5.32 Å². The van der Waals surface area contributed by atoms with E-state index in [2.05, 4.69) is 10.3 Å². The third-order valence-corrected chi connectivity index (χ3v) is 2.00. The summed E-state index contributed by atoms with van der Waals surface area (Å²) in [4.78, 5) is 4.26. The predicted molar refractivity (Wildman–Crippen MR) is 55.7 cm³/mol. The molecule has 0 radical (unpaired) electrons. The zero-order chi connectivity index (χ0) is 7.68. The summed E-state index contributed by atoms with van der Waals surface area (Å²) in [5, 5.41) is 3.33. The van der Waals surface area contributed by atoms with Crippen LogP contribution >= 0.6 is 24.8 Å². The first-order chi connectivity index (χ1) is 5.36. The van der Waals surface area contributed by atoms with E-state index in [0.29, 0.717) is 6.04 Å². The van der Waals surface area contributed by atoms with E-state index in [-0.39, 0.29) is 24.8 Å². The Labute approximate surface area is 90.1 Å². The minimum Gasteiger partial charge on any atom is -0.447 e.